The Morgan fingerprint density at radius 3 is 1.79 bits per heavy atom. The van der Waals surface area contributed by atoms with Gasteiger partial charge in [-0.05, 0) is 111 Å². The molecule has 8 bridgehead atoms. The molecule has 5 rings (SSSR count). The number of rotatable bonds is 4. The van der Waals surface area contributed by atoms with Gasteiger partial charge in [0.25, 0.3) is 0 Å². The van der Waals surface area contributed by atoms with Gasteiger partial charge in [0.2, 0.25) is 0 Å². The molecule has 3 N–H and O–H groups in total. The minimum absolute atomic E-state index is 0.178. The van der Waals surface area contributed by atoms with Crippen molar-refractivity contribution in [2.75, 3.05) is 7.11 Å². The van der Waals surface area contributed by atoms with Gasteiger partial charge in [0.15, 0.2) is 0 Å². The lowest BCUT2D eigenvalue weighted by atomic mass is 10.0. The molecule has 0 atom stereocenters. The first-order valence-corrected chi connectivity index (χ1v) is 13.5. The zero-order chi connectivity index (χ0) is 27.5. The quantitative estimate of drug-likeness (QED) is 0.248. The molecule has 1 aliphatic rings. The predicted molar refractivity (Wildman–Crippen MR) is 158 cm³/mol. The number of ether oxygens (including phenoxy) is 1. The van der Waals surface area contributed by atoms with E-state index in [-0.39, 0.29) is 12.4 Å². The third-order valence-corrected chi connectivity index (χ3v) is 8.64. The Labute approximate surface area is 223 Å². The van der Waals surface area contributed by atoms with Crippen LogP contribution in [0.1, 0.15) is 78.0 Å². The fourth-order valence-electron chi connectivity index (χ4n) is 5.93. The van der Waals surface area contributed by atoms with Gasteiger partial charge >= 0.3 is 5.97 Å². The number of carbonyl (C=O) groups is 1. The van der Waals surface area contributed by atoms with Crippen LogP contribution in [0, 0.1) is 27.7 Å². The van der Waals surface area contributed by atoms with Gasteiger partial charge in [-0.2, -0.15) is 0 Å². The summed E-state index contributed by atoms with van der Waals surface area (Å²) >= 11 is 0. The van der Waals surface area contributed by atoms with Crippen LogP contribution in [0.4, 0.5) is 0 Å². The van der Waals surface area contributed by atoms with Crippen molar-refractivity contribution in [2.24, 2.45) is 0 Å². The smallest absolute Gasteiger partial charge is 0.310 e. The SMILES string of the molecule is CCc1c(C)c2cc3nc(c4[nH]c(cc5[nH]c(c(CC)c5C)c(CC(=O)OC)c1[nH]2)c(C)c4C)C(C)=C3C. The highest BCUT2D eigenvalue weighted by Gasteiger charge is 2.21. The second-order valence-electron chi connectivity index (χ2n) is 10.5. The molecule has 0 saturated heterocycles. The number of aryl methyl sites for hydroxylation is 6. The summed E-state index contributed by atoms with van der Waals surface area (Å²) < 4.78 is 5.16. The van der Waals surface area contributed by atoms with Crippen LogP contribution in [-0.2, 0) is 28.8 Å². The Kier molecular flexibility index (Phi) is 6.46. The predicted octanol–water partition coefficient (Wildman–Crippen LogP) is 7.55. The van der Waals surface area contributed by atoms with Crippen LogP contribution in [0.25, 0.3) is 44.2 Å². The van der Waals surface area contributed by atoms with Gasteiger partial charge in [-0.1, -0.05) is 13.8 Å². The van der Waals surface area contributed by atoms with E-state index < -0.39 is 0 Å². The highest BCUT2D eigenvalue weighted by atomic mass is 16.5. The molecular formula is C32H38N4O2. The number of carbonyl (C=O) groups excluding carboxylic acids is 1. The number of fused-ring (bicyclic) bond motifs is 9. The van der Waals surface area contributed by atoms with Crippen LogP contribution >= 0.6 is 0 Å². The first kappa shape index (κ1) is 25.8. The lowest BCUT2D eigenvalue weighted by Gasteiger charge is -2.06. The van der Waals surface area contributed by atoms with Crippen molar-refractivity contribution in [3.63, 3.8) is 0 Å². The van der Waals surface area contributed by atoms with E-state index in [0.717, 1.165) is 62.9 Å². The number of nitrogens with zero attached hydrogens (tertiary/aromatic N) is 1. The molecular weight excluding hydrogens is 472 g/mol. The number of hydrogen-bond donors (Lipinski definition) is 3. The molecule has 0 aromatic carbocycles. The van der Waals surface area contributed by atoms with E-state index in [1.807, 2.05) is 0 Å². The van der Waals surface area contributed by atoms with Crippen LogP contribution in [0.15, 0.2) is 12.1 Å². The summed E-state index contributed by atoms with van der Waals surface area (Å²) in [6.07, 6.45) is 1.87. The average molecular weight is 511 g/mol. The van der Waals surface area contributed by atoms with E-state index in [1.165, 1.54) is 51.6 Å². The third kappa shape index (κ3) is 3.85. The molecule has 5 heterocycles. The molecule has 6 heteroatoms. The first-order valence-electron chi connectivity index (χ1n) is 13.5. The monoisotopic (exact) mass is 510 g/mol. The standard InChI is InChI=1S/C32H38N4O2/c1-10-21-19(7)26-13-24-15(3)17(5)29(33-24)30-18(6)16(4)25(34-30)14-27-20(8)22(11-2)32(36-27)23(31(21)35-26)12-28(37)38-9/h13-14,33,35-36H,10-12H2,1-9H3. The average Bonchev–Trinajstić information content (AvgIpc) is 3.57. The molecule has 38 heavy (non-hydrogen) atoms. The normalized spacial score (nSPS) is 12.7. The van der Waals surface area contributed by atoms with Crippen molar-refractivity contribution in [2.45, 2.75) is 74.7 Å². The van der Waals surface area contributed by atoms with Crippen LogP contribution in [0.2, 0.25) is 0 Å². The molecule has 0 unspecified atom stereocenters. The molecule has 0 spiro atoms. The Morgan fingerprint density at radius 1 is 0.711 bits per heavy atom. The van der Waals surface area contributed by atoms with E-state index in [2.05, 4.69) is 82.5 Å². The maximum absolute atomic E-state index is 12.7. The second-order valence-corrected chi connectivity index (χ2v) is 10.5. The number of esters is 1. The fraction of sp³-hybridized carbons (Fsp3) is 0.375. The molecule has 0 fully saturated rings. The Balaban J connectivity index is 2.10. The fourth-order valence-corrected chi connectivity index (χ4v) is 5.93. The molecule has 198 valence electrons. The summed E-state index contributed by atoms with van der Waals surface area (Å²) in [6, 6.07) is 4.35. The molecule has 6 nitrogen and oxygen atoms in total. The molecule has 0 radical (unpaired) electrons. The van der Waals surface area contributed by atoms with Gasteiger partial charge in [0.05, 0.1) is 30.4 Å². The van der Waals surface area contributed by atoms with Gasteiger partial charge in [0.1, 0.15) is 0 Å². The molecule has 1 aliphatic heterocycles. The van der Waals surface area contributed by atoms with Crippen molar-refractivity contribution < 1.29 is 9.53 Å². The van der Waals surface area contributed by atoms with Gasteiger partial charge in [-0.25, -0.2) is 4.98 Å². The Morgan fingerprint density at radius 2 is 1.24 bits per heavy atom. The van der Waals surface area contributed by atoms with E-state index in [1.54, 1.807) is 0 Å². The van der Waals surface area contributed by atoms with Crippen LogP contribution in [0.5, 0.6) is 0 Å². The lowest BCUT2D eigenvalue weighted by molar-refractivity contribution is -0.139. The summed E-state index contributed by atoms with van der Waals surface area (Å²) in [5.74, 6) is -0.258. The zero-order valence-electron chi connectivity index (χ0n) is 24.0. The summed E-state index contributed by atoms with van der Waals surface area (Å²) in [7, 11) is 1.45. The second kappa shape index (κ2) is 9.50. The van der Waals surface area contributed by atoms with Crippen molar-refractivity contribution in [1.82, 2.24) is 19.9 Å². The molecule has 0 aliphatic carbocycles. The van der Waals surface area contributed by atoms with E-state index in [0.29, 0.717) is 0 Å². The lowest BCUT2D eigenvalue weighted by Crippen LogP contribution is -2.06. The van der Waals surface area contributed by atoms with Crippen molar-refractivity contribution >= 4 is 50.2 Å². The summed E-state index contributed by atoms with van der Waals surface area (Å²) in [5, 5.41) is 0. The number of H-pyrrole nitrogens is 3. The van der Waals surface area contributed by atoms with Crippen LogP contribution in [0.3, 0.4) is 0 Å². The van der Waals surface area contributed by atoms with Gasteiger partial charge in [-0.3, -0.25) is 4.79 Å². The first-order chi connectivity index (χ1) is 18.1. The maximum atomic E-state index is 12.7. The van der Waals surface area contributed by atoms with Gasteiger partial charge < -0.3 is 19.7 Å². The number of hydrogen-bond acceptors (Lipinski definition) is 3. The van der Waals surface area contributed by atoms with Gasteiger partial charge in [0, 0.05) is 33.1 Å². The minimum atomic E-state index is -0.258. The Bertz CT molecular complexity index is 1770. The number of methoxy groups -OCH3 is 1. The largest absolute Gasteiger partial charge is 0.469 e. The van der Waals surface area contributed by atoms with Crippen molar-refractivity contribution in [3.8, 4) is 0 Å². The third-order valence-electron chi connectivity index (χ3n) is 8.64. The van der Waals surface area contributed by atoms with Crippen molar-refractivity contribution in [1.29, 1.82) is 0 Å². The van der Waals surface area contributed by atoms with Gasteiger partial charge in [-0.15, -0.1) is 0 Å². The number of nitrogens with one attached hydrogen (secondary N) is 3. The summed E-state index contributed by atoms with van der Waals surface area (Å²) in [4.78, 5) is 29.0. The number of aromatic nitrogens is 4. The molecule has 0 saturated carbocycles. The van der Waals surface area contributed by atoms with Crippen LogP contribution < -0.4 is 0 Å². The minimum Gasteiger partial charge on any atom is -0.469 e. The van der Waals surface area contributed by atoms with E-state index >= 15 is 0 Å². The zero-order valence-corrected chi connectivity index (χ0v) is 24.0. The highest BCUT2D eigenvalue weighted by Crippen LogP contribution is 2.36. The van der Waals surface area contributed by atoms with Crippen LogP contribution in [-0.4, -0.2) is 33.0 Å². The highest BCUT2D eigenvalue weighted by molar-refractivity contribution is 5.97. The van der Waals surface area contributed by atoms with E-state index in [9.17, 15) is 4.79 Å². The molecule has 0 amide bonds. The Hall–Kier alpha value is -3.80. The number of allylic oxidation sites excluding steroid dienone is 2. The van der Waals surface area contributed by atoms with E-state index in [4.69, 9.17) is 9.72 Å². The molecule has 4 aromatic heterocycles. The molecule has 4 aromatic rings. The summed E-state index contributed by atoms with van der Waals surface area (Å²) in [5.41, 5.74) is 18.7. The summed E-state index contributed by atoms with van der Waals surface area (Å²) in [6.45, 7) is 17.3. The topological polar surface area (TPSA) is 86.6 Å². The number of aromatic amines is 3. The maximum Gasteiger partial charge on any atom is 0.310 e. The van der Waals surface area contributed by atoms with Crippen molar-refractivity contribution in [3.05, 3.63) is 62.5 Å².